The molecule has 20 heavy (non-hydrogen) atoms. The maximum atomic E-state index is 5.61. The van der Waals surface area contributed by atoms with E-state index in [0.29, 0.717) is 11.8 Å². The van der Waals surface area contributed by atoms with Crippen LogP contribution in [-0.2, 0) is 6.54 Å². The van der Waals surface area contributed by atoms with Gasteiger partial charge in [0.25, 0.3) is 0 Å². The summed E-state index contributed by atoms with van der Waals surface area (Å²) in [5.74, 6) is 1.18. The van der Waals surface area contributed by atoms with Crippen molar-refractivity contribution in [2.45, 2.75) is 46.4 Å². The van der Waals surface area contributed by atoms with Gasteiger partial charge in [-0.15, -0.1) is 0 Å². The largest absolute Gasteiger partial charge is 0.475 e. The molecule has 6 nitrogen and oxygen atoms in total. The Balaban J connectivity index is 2.02. The predicted octanol–water partition coefficient (Wildman–Crippen LogP) is 2.27. The fraction of sp³-hybridized carbons (Fsp3) is 0.500. The van der Waals surface area contributed by atoms with Gasteiger partial charge in [-0.1, -0.05) is 0 Å². The summed E-state index contributed by atoms with van der Waals surface area (Å²) in [7, 11) is 0. The predicted molar refractivity (Wildman–Crippen MR) is 77.8 cm³/mol. The number of aromatic nitrogens is 4. The lowest BCUT2D eigenvalue weighted by atomic mass is 10.3. The zero-order valence-corrected chi connectivity index (χ0v) is 12.4. The lowest BCUT2D eigenvalue weighted by Gasteiger charge is -2.15. The second-order valence-electron chi connectivity index (χ2n) is 5.11. The van der Waals surface area contributed by atoms with E-state index in [9.17, 15) is 0 Å². The van der Waals surface area contributed by atoms with Gasteiger partial charge in [0, 0.05) is 30.2 Å². The van der Waals surface area contributed by atoms with Crippen molar-refractivity contribution in [3.8, 4) is 5.88 Å². The summed E-state index contributed by atoms with van der Waals surface area (Å²) in [5.41, 5.74) is 0.879. The lowest BCUT2D eigenvalue weighted by Crippen LogP contribution is -2.23. The molecule has 2 rings (SSSR count). The molecule has 0 aliphatic heterocycles. The van der Waals surface area contributed by atoms with Gasteiger partial charge < -0.3 is 10.1 Å². The van der Waals surface area contributed by atoms with E-state index in [4.69, 9.17) is 4.74 Å². The summed E-state index contributed by atoms with van der Waals surface area (Å²) < 4.78 is 7.49. The molecule has 0 spiro atoms. The molecule has 0 aromatic carbocycles. The molecule has 0 saturated heterocycles. The summed E-state index contributed by atoms with van der Waals surface area (Å²) in [6, 6.07) is 3.91. The third-order valence-corrected chi connectivity index (χ3v) is 2.58. The van der Waals surface area contributed by atoms with E-state index in [-0.39, 0.29) is 12.1 Å². The number of nitrogens with one attached hydrogen (secondary N) is 1. The Morgan fingerprint density at radius 2 is 2.10 bits per heavy atom. The van der Waals surface area contributed by atoms with Crippen LogP contribution >= 0.6 is 0 Å². The third kappa shape index (κ3) is 4.22. The smallest absolute Gasteiger partial charge is 0.226 e. The van der Waals surface area contributed by atoms with Gasteiger partial charge in [0.05, 0.1) is 12.6 Å². The van der Waals surface area contributed by atoms with Crippen LogP contribution in [0.15, 0.2) is 24.5 Å². The number of anilines is 1. The second-order valence-corrected chi connectivity index (χ2v) is 5.11. The number of aryl methyl sites for hydroxylation is 1. The van der Waals surface area contributed by atoms with Gasteiger partial charge in [-0.2, -0.15) is 10.1 Å². The normalized spacial score (nSPS) is 12.4. The summed E-state index contributed by atoms with van der Waals surface area (Å²) in [6.45, 7) is 8.70. The van der Waals surface area contributed by atoms with E-state index in [1.807, 2.05) is 43.8 Å². The monoisotopic (exact) mass is 275 g/mol. The number of hydrogen-bond acceptors (Lipinski definition) is 5. The molecule has 0 saturated carbocycles. The Labute approximate surface area is 119 Å². The maximum absolute atomic E-state index is 5.61. The van der Waals surface area contributed by atoms with Gasteiger partial charge in [0.2, 0.25) is 11.8 Å². The van der Waals surface area contributed by atoms with Crippen molar-refractivity contribution < 1.29 is 4.74 Å². The van der Waals surface area contributed by atoms with Crippen LogP contribution in [0.1, 0.15) is 26.5 Å². The van der Waals surface area contributed by atoms with Crippen molar-refractivity contribution >= 4 is 5.95 Å². The van der Waals surface area contributed by atoms with Crippen LogP contribution < -0.4 is 10.1 Å². The van der Waals surface area contributed by atoms with E-state index >= 15 is 0 Å². The van der Waals surface area contributed by atoms with Crippen molar-refractivity contribution in [1.29, 1.82) is 0 Å². The molecule has 2 aromatic heterocycles. The van der Waals surface area contributed by atoms with Crippen LogP contribution in [0.2, 0.25) is 0 Å². The zero-order valence-electron chi connectivity index (χ0n) is 12.4. The summed E-state index contributed by atoms with van der Waals surface area (Å²) in [4.78, 5) is 8.75. The fourth-order valence-electron chi connectivity index (χ4n) is 1.86. The Kier molecular flexibility index (Phi) is 4.55. The maximum Gasteiger partial charge on any atom is 0.226 e. The highest BCUT2D eigenvalue weighted by Crippen LogP contribution is 2.14. The van der Waals surface area contributed by atoms with Crippen LogP contribution in [0.3, 0.4) is 0 Å². The molecule has 6 heteroatoms. The van der Waals surface area contributed by atoms with Gasteiger partial charge in [-0.05, 0) is 33.8 Å². The van der Waals surface area contributed by atoms with Crippen LogP contribution in [0.25, 0.3) is 0 Å². The van der Waals surface area contributed by atoms with Gasteiger partial charge in [0.1, 0.15) is 0 Å². The Morgan fingerprint density at radius 1 is 1.30 bits per heavy atom. The first kappa shape index (κ1) is 14.3. The highest BCUT2D eigenvalue weighted by molar-refractivity contribution is 5.31. The quantitative estimate of drug-likeness (QED) is 0.876. The molecule has 108 valence electrons. The first-order valence-electron chi connectivity index (χ1n) is 6.79. The Hall–Kier alpha value is -2.11. The number of ether oxygens (including phenoxy) is 1. The average Bonchev–Trinajstić information content (AvgIpc) is 2.79. The van der Waals surface area contributed by atoms with E-state index in [2.05, 4.69) is 27.3 Å². The molecule has 0 radical (unpaired) electrons. The fourth-order valence-corrected chi connectivity index (χ4v) is 1.86. The second kappa shape index (κ2) is 6.36. The molecule has 1 unspecified atom stereocenters. The third-order valence-electron chi connectivity index (χ3n) is 2.58. The SMILES string of the molecule is Cc1cc(OC(C)C)nc(NC(C)Cn2cccn2)n1. The molecule has 2 heterocycles. The average molecular weight is 275 g/mol. The molecule has 0 amide bonds. The molecule has 0 aliphatic carbocycles. The van der Waals surface area contributed by atoms with E-state index in [1.54, 1.807) is 6.20 Å². The highest BCUT2D eigenvalue weighted by Gasteiger charge is 2.08. The summed E-state index contributed by atoms with van der Waals surface area (Å²) in [5, 5.41) is 7.46. The highest BCUT2D eigenvalue weighted by atomic mass is 16.5. The molecule has 0 bridgehead atoms. The minimum Gasteiger partial charge on any atom is -0.475 e. The van der Waals surface area contributed by atoms with E-state index in [0.717, 1.165) is 12.2 Å². The van der Waals surface area contributed by atoms with Gasteiger partial charge in [0.15, 0.2) is 0 Å². The minimum atomic E-state index is 0.0960. The van der Waals surface area contributed by atoms with Crippen molar-refractivity contribution in [2.75, 3.05) is 5.32 Å². The zero-order chi connectivity index (χ0) is 14.5. The molecule has 0 aliphatic rings. The number of nitrogens with zero attached hydrogens (tertiary/aromatic N) is 4. The van der Waals surface area contributed by atoms with Crippen LogP contribution in [0.4, 0.5) is 5.95 Å². The molecule has 0 fully saturated rings. The minimum absolute atomic E-state index is 0.0960. The number of rotatable bonds is 6. The molecule has 1 N–H and O–H groups in total. The summed E-state index contributed by atoms with van der Waals surface area (Å²) >= 11 is 0. The van der Waals surface area contributed by atoms with Crippen molar-refractivity contribution in [3.63, 3.8) is 0 Å². The van der Waals surface area contributed by atoms with Crippen LogP contribution in [-0.4, -0.2) is 31.9 Å². The lowest BCUT2D eigenvalue weighted by molar-refractivity contribution is 0.232. The summed E-state index contributed by atoms with van der Waals surface area (Å²) in [6.07, 6.45) is 3.80. The Morgan fingerprint density at radius 3 is 2.75 bits per heavy atom. The Bertz CT molecular complexity index is 539. The molecular weight excluding hydrogens is 254 g/mol. The molecule has 1 atom stereocenters. The standard InChI is InChI=1S/C14H21N5O/c1-10(2)20-13-8-11(3)16-14(18-13)17-12(4)9-19-7-5-6-15-19/h5-8,10,12H,9H2,1-4H3,(H,16,17,18). The van der Waals surface area contributed by atoms with Crippen molar-refractivity contribution in [3.05, 3.63) is 30.2 Å². The topological polar surface area (TPSA) is 64.9 Å². The van der Waals surface area contributed by atoms with Gasteiger partial charge >= 0.3 is 0 Å². The van der Waals surface area contributed by atoms with E-state index < -0.39 is 0 Å². The molecular formula is C14H21N5O. The number of hydrogen-bond donors (Lipinski definition) is 1. The van der Waals surface area contributed by atoms with Crippen LogP contribution in [0.5, 0.6) is 5.88 Å². The first-order valence-corrected chi connectivity index (χ1v) is 6.79. The van der Waals surface area contributed by atoms with Gasteiger partial charge in [-0.3, -0.25) is 4.68 Å². The first-order chi connectivity index (χ1) is 9.52. The molecule has 2 aromatic rings. The van der Waals surface area contributed by atoms with Crippen LogP contribution in [0, 0.1) is 6.92 Å². The van der Waals surface area contributed by atoms with Gasteiger partial charge in [-0.25, -0.2) is 4.98 Å². The van der Waals surface area contributed by atoms with Crippen molar-refractivity contribution in [1.82, 2.24) is 19.7 Å². The van der Waals surface area contributed by atoms with E-state index in [1.165, 1.54) is 0 Å². The van der Waals surface area contributed by atoms with Crippen molar-refractivity contribution in [2.24, 2.45) is 0 Å².